The molecule has 1 N–H and O–H groups in total. The quantitative estimate of drug-likeness (QED) is 0.565. The maximum Gasteiger partial charge on any atom is 0.409 e. The van der Waals surface area contributed by atoms with Crippen molar-refractivity contribution in [2.75, 3.05) is 31.8 Å². The highest BCUT2D eigenvalue weighted by Gasteiger charge is 2.31. The number of rotatable bonds is 5. The summed E-state index contributed by atoms with van der Waals surface area (Å²) in [5.74, 6) is -0.767. The van der Waals surface area contributed by atoms with Gasteiger partial charge >= 0.3 is 12.1 Å². The molecule has 1 aliphatic rings. The number of thioether (sulfide) groups is 1. The first-order valence-electron chi connectivity index (χ1n) is 9.08. The second kappa shape index (κ2) is 9.32. The van der Waals surface area contributed by atoms with Crippen LogP contribution in [0, 0.1) is 0 Å². The number of fused-ring (bicyclic) bond motifs is 1. The Morgan fingerprint density at radius 2 is 1.97 bits per heavy atom. The highest BCUT2D eigenvalue weighted by Crippen LogP contribution is 2.38. The minimum absolute atomic E-state index is 0.237. The van der Waals surface area contributed by atoms with Gasteiger partial charge in [-0.3, -0.25) is 4.79 Å². The van der Waals surface area contributed by atoms with Gasteiger partial charge in [0, 0.05) is 21.9 Å². The van der Waals surface area contributed by atoms with E-state index in [0.717, 1.165) is 15.3 Å². The van der Waals surface area contributed by atoms with E-state index in [1.165, 1.54) is 18.4 Å². The predicted molar refractivity (Wildman–Crippen MR) is 113 cm³/mol. The van der Waals surface area contributed by atoms with Gasteiger partial charge in [-0.2, -0.15) is 0 Å². The molecule has 0 atom stereocenters. The third kappa shape index (κ3) is 4.56. The van der Waals surface area contributed by atoms with Crippen LogP contribution in [0.1, 0.15) is 38.1 Å². The van der Waals surface area contributed by atoms with E-state index in [-0.39, 0.29) is 12.5 Å². The van der Waals surface area contributed by atoms with Crippen LogP contribution < -0.4 is 5.32 Å². The summed E-state index contributed by atoms with van der Waals surface area (Å²) in [5, 5.41) is 3.30. The number of esters is 1. The van der Waals surface area contributed by atoms with E-state index in [0.29, 0.717) is 35.6 Å². The molecule has 2 heterocycles. The van der Waals surface area contributed by atoms with Crippen LogP contribution in [0.5, 0.6) is 0 Å². The van der Waals surface area contributed by atoms with Crippen LogP contribution in [0.4, 0.5) is 9.80 Å². The second-order valence-electron chi connectivity index (χ2n) is 6.25. The molecule has 1 aromatic carbocycles. The lowest BCUT2D eigenvalue weighted by molar-refractivity contribution is 0.0526. The minimum Gasteiger partial charge on any atom is -0.462 e. The Bertz CT molecular complexity index is 924. The number of anilines is 1. The maximum absolute atomic E-state index is 12.7. The van der Waals surface area contributed by atoms with Crippen molar-refractivity contribution in [1.82, 2.24) is 4.90 Å². The smallest absolute Gasteiger partial charge is 0.409 e. The van der Waals surface area contributed by atoms with Crippen molar-refractivity contribution in [2.45, 2.75) is 24.8 Å². The van der Waals surface area contributed by atoms with Gasteiger partial charge in [0.1, 0.15) is 5.00 Å². The third-order valence-corrected chi connectivity index (χ3v) is 6.42. The number of carbonyl (C=O) groups excluding carboxylic acids is 3. The van der Waals surface area contributed by atoms with Gasteiger partial charge < -0.3 is 19.7 Å². The summed E-state index contributed by atoms with van der Waals surface area (Å²) in [7, 11) is 1.34. The van der Waals surface area contributed by atoms with Gasteiger partial charge in [-0.1, -0.05) is 0 Å². The van der Waals surface area contributed by atoms with E-state index in [1.807, 2.05) is 18.4 Å². The van der Waals surface area contributed by atoms with E-state index in [2.05, 4.69) is 5.32 Å². The molecule has 29 heavy (non-hydrogen) atoms. The molecule has 0 spiro atoms. The van der Waals surface area contributed by atoms with Gasteiger partial charge in [0.15, 0.2) is 0 Å². The number of thiophene rings is 1. The average Bonchev–Trinajstić information content (AvgIpc) is 3.10. The van der Waals surface area contributed by atoms with Crippen molar-refractivity contribution in [3.63, 3.8) is 0 Å². The molecule has 7 nitrogen and oxygen atoms in total. The maximum atomic E-state index is 12.7. The fourth-order valence-corrected chi connectivity index (χ4v) is 4.77. The summed E-state index contributed by atoms with van der Waals surface area (Å²) in [6.45, 7) is 2.74. The summed E-state index contributed by atoms with van der Waals surface area (Å²) in [6, 6.07) is 7.24. The monoisotopic (exact) mass is 434 g/mol. The number of nitrogens with zero attached hydrogens (tertiary/aromatic N) is 1. The van der Waals surface area contributed by atoms with Gasteiger partial charge in [-0.25, -0.2) is 9.59 Å². The molecule has 1 aromatic heterocycles. The molecule has 9 heteroatoms. The fourth-order valence-electron chi connectivity index (χ4n) is 3.11. The zero-order valence-electron chi connectivity index (χ0n) is 16.4. The Morgan fingerprint density at radius 1 is 1.24 bits per heavy atom. The molecule has 0 radical (unpaired) electrons. The third-order valence-electron chi connectivity index (χ3n) is 4.55. The van der Waals surface area contributed by atoms with Crippen molar-refractivity contribution < 1.29 is 23.9 Å². The first-order chi connectivity index (χ1) is 14.0. The molecule has 0 saturated heterocycles. The summed E-state index contributed by atoms with van der Waals surface area (Å²) < 4.78 is 10.0. The van der Waals surface area contributed by atoms with Crippen LogP contribution in [-0.4, -0.2) is 49.4 Å². The van der Waals surface area contributed by atoms with Crippen molar-refractivity contribution in [2.24, 2.45) is 0 Å². The SMILES string of the molecule is CCOC(=O)c1c(NC(=O)c2ccc(SC)cc2)sc2c1CCN(C(=O)OC)C2. The van der Waals surface area contributed by atoms with Gasteiger partial charge in [0.25, 0.3) is 5.91 Å². The number of nitrogens with one attached hydrogen (secondary N) is 1. The van der Waals surface area contributed by atoms with Crippen LogP contribution in [0.15, 0.2) is 29.2 Å². The Labute approximate surface area is 177 Å². The molecular formula is C20H22N2O5S2. The Hall–Kier alpha value is -2.52. The molecule has 1 aliphatic heterocycles. The number of carbonyl (C=O) groups is 3. The van der Waals surface area contributed by atoms with Crippen LogP contribution in [-0.2, 0) is 22.4 Å². The topological polar surface area (TPSA) is 84.9 Å². The molecular weight excluding hydrogens is 412 g/mol. The highest BCUT2D eigenvalue weighted by molar-refractivity contribution is 7.98. The van der Waals surface area contributed by atoms with Crippen LogP contribution in [0.3, 0.4) is 0 Å². The number of hydrogen-bond acceptors (Lipinski definition) is 7. The lowest BCUT2D eigenvalue weighted by Crippen LogP contribution is -2.35. The highest BCUT2D eigenvalue weighted by atomic mass is 32.2. The number of amides is 2. The molecule has 0 bridgehead atoms. The summed E-state index contributed by atoms with van der Waals surface area (Å²) >= 11 is 2.89. The largest absolute Gasteiger partial charge is 0.462 e. The molecule has 3 rings (SSSR count). The number of ether oxygens (including phenoxy) is 2. The van der Waals surface area contributed by atoms with E-state index in [1.54, 1.807) is 35.7 Å². The Morgan fingerprint density at radius 3 is 2.59 bits per heavy atom. The lowest BCUT2D eigenvalue weighted by atomic mass is 10.0. The van der Waals surface area contributed by atoms with Gasteiger partial charge in [-0.15, -0.1) is 23.1 Å². The molecule has 0 aliphatic carbocycles. The predicted octanol–water partition coefficient (Wildman–Crippen LogP) is 4.02. The van der Waals surface area contributed by atoms with Gasteiger partial charge in [0.2, 0.25) is 0 Å². The number of hydrogen-bond donors (Lipinski definition) is 1. The van der Waals surface area contributed by atoms with Crippen molar-refractivity contribution >= 4 is 46.1 Å². The van der Waals surface area contributed by atoms with Crippen molar-refractivity contribution in [3.8, 4) is 0 Å². The molecule has 0 fully saturated rings. The molecule has 0 unspecified atom stereocenters. The van der Waals surface area contributed by atoms with Gasteiger partial charge in [-0.05, 0) is 49.4 Å². The van der Waals surface area contributed by atoms with E-state index in [4.69, 9.17) is 9.47 Å². The molecule has 2 aromatic rings. The number of methoxy groups -OCH3 is 1. The summed E-state index contributed by atoms with van der Waals surface area (Å²) in [6.07, 6.45) is 2.04. The zero-order chi connectivity index (χ0) is 21.0. The normalized spacial score (nSPS) is 12.9. The summed E-state index contributed by atoms with van der Waals surface area (Å²) in [5.41, 5.74) is 1.70. The standard InChI is InChI=1S/C20H22N2O5S2/c1-4-27-19(24)16-14-9-10-22(20(25)26-2)11-15(14)29-18(16)21-17(23)12-5-7-13(28-3)8-6-12/h5-8H,4,9-11H2,1-3H3,(H,21,23). The second-order valence-corrected chi connectivity index (χ2v) is 8.24. The molecule has 154 valence electrons. The van der Waals surface area contributed by atoms with Crippen molar-refractivity contribution in [1.29, 1.82) is 0 Å². The van der Waals surface area contributed by atoms with Crippen molar-refractivity contribution in [3.05, 3.63) is 45.8 Å². The Balaban J connectivity index is 1.90. The van der Waals surface area contributed by atoms with Crippen LogP contribution >= 0.6 is 23.1 Å². The minimum atomic E-state index is -0.468. The molecule has 2 amide bonds. The van der Waals surface area contributed by atoms with E-state index >= 15 is 0 Å². The van der Waals surface area contributed by atoms with E-state index in [9.17, 15) is 14.4 Å². The zero-order valence-corrected chi connectivity index (χ0v) is 18.1. The summed E-state index contributed by atoms with van der Waals surface area (Å²) in [4.78, 5) is 40.7. The Kier molecular flexibility index (Phi) is 6.81. The number of benzene rings is 1. The fraction of sp³-hybridized carbons (Fsp3) is 0.350. The first-order valence-corrected chi connectivity index (χ1v) is 11.1. The lowest BCUT2D eigenvalue weighted by Gasteiger charge is -2.25. The molecule has 0 saturated carbocycles. The van der Waals surface area contributed by atoms with E-state index < -0.39 is 12.1 Å². The first kappa shape index (κ1) is 21.2. The average molecular weight is 435 g/mol. The van der Waals surface area contributed by atoms with Gasteiger partial charge in [0.05, 0.1) is 25.8 Å². The van der Waals surface area contributed by atoms with Crippen LogP contribution in [0.2, 0.25) is 0 Å². The van der Waals surface area contributed by atoms with Crippen LogP contribution in [0.25, 0.3) is 0 Å².